The lowest BCUT2D eigenvalue weighted by Gasteiger charge is -2.03. The van der Waals surface area contributed by atoms with Gasteiger partial charge in [-0.25, -0.2) is 4.98 Å². The van der Waals surface area contributed by atoms with Crippen LogP contribution in [0.15, 0.2) is 47.2 Å². The Bertz CT molecular complexity index is 780. The molecule has 1 aromatic carbocycles. The first-order chi connectivity index (χ1) is 10.2. The number of hydrogen-bond donors (Lipinski definition) is 0. The molecule has 0 fully saturated rings. The van der Waals surface area contributed by atoms with Crippen molar-refractivity contribution in [1.82, 2.24) is 9.97 Å². The average Bonchev–Trinajstić information content (AvgIpc) is 2.89. The Balaban J connectivity index is 2.12. The molecule has 0 aliphatic rings. The highest BCUT2D eigenvalue weighted by Crippen LogP contribution is 2.37. The molecule has 3 rings (SSSR count). The van der Waals surface area contributed by atoms with Crippen molar-refractivity contribution in [2.24, 2.45) is 0 Å². The maximum absolute atomic E-state index is 4.88. The van der Waals surface area contributed by atoms with Crippen molar-refractivity contribution < 1.29 is 0 Å². The Morgan fingerprint density at radius 3 is 2.71 bits per heavy atom. The summed E-state index contributed by atoms with van der Waals surface area (Å²) >= 11 is 5.36. The minimum atomic E-state index is 0.964. The predicted octanol–water partition coefficient (Wildman–Crippen LogP) is 5.51. The summed E-state index contributed by atoms with van der Waals surface area (Å²) in [5, 5.41) is 1.07. The highest BCUT2D eigenvalue weighted by atomic mass is 79.9. The van der Waals surface area contributed by atoms with Gasteiger partial charge in [-0.1, -0.05) is 41.1 Å². The molecular weight excluding hydrogens is 344 g/mol. The second-order valence-electron chi connectivity index (χ2n) is 4.79. The lowest BCUT2D eigenvalue weighted by molar-refractivity contribution is 1.10. The van der Waals surface area contributed by atoms with Crippen LogP contribution >= 0.6 is 27.3 Å². The van der Waals surface area contributed by atoms with E-state index in [4.69, 9.17) is 4.98 Å². The quantitative estimate of drug-likeness (QED) is 0.617. The first-order valence-electron chi connectivity index (χ1n) is 6.86. The molecule has 2 nitrogen and oxygen atoms in total. The monoisotopic (exact) mass is 358 g/mol. The van der Waals surface area contributed by atoms with Crippen molar-refractivity contribution in [2.45, 2.75) is 20.3 Å². The molecule has 21 heavy (non-hydrogen) atoms. The summed E-state index contributed by atoms with van der Waals surface area (Å²) in [4.78, 5) is 10.3. The lowest BCUT2D eigenvalue weighted by atomic mass is 10.1. The van der Waals surface area contributed by atoms with Crippen LogP contribution < -0.4 is 0 Å². The van der Waals surface area contributed by atoms with E-state index in [0.29, 0.717) is 0 Å². The number of halogens is 1. The maximum Gasteiger partial charge on any atom is 0.124 e. The molecule has 0 aliphatic carbocycles. The molecule has 0 saturated carbocycles. The minimum Gasteiger partial charge on any atom is -0.264 e. The summed E-state index contributed by atoms with van der Waals surface area (Å²) in [5.74, 6) is 0. The van der Waals surface area contributed by atoms with Crippen LogP contribution in [-0.2, 0) is 6.42 Å². The SMILES string of the molecule is CCc1cnccc1-c1nc(-c2ccccc2Br)c(C)s1. The van der Waals surface area contributed by atoms with Gasteiger partial charge in [-0.05, 0) is 31.0 Å². The standard InChI is InChI=1S/C17H15BrN2S/c1-3-12-10-19-9-8-13(12)17-20-16(11(2)21-17)14-6-4-5-7-15(14)18/h4-10H,3H2,1-2H3. The Hall–Kier alpha value is -1.52. The van der Waals surface area contributed by atoms with Gasteiger partial charge >= 0.3 is 0 Å². The second-order valence-corrected chi connectivity index (χ2v) is 6.85. The fourth-order valence-corrected chi connectivity index (χ4v) is 3.79. The summed E-state index contributed by atoms with van der Waals surface area (Å²) in [6.07, 6.45) is 4.74. The van der Waals surface area contributed by atoms with Crippen LogP contribution in [0.5, 0.6) is 0 Å². The van der Waals surface area contributed by atoms with Gasteiger partial charge in [0.15, 0.2) is 0 Å². The van der Waals surface area contributed by atoms with Crippen molar-refractivity contribution in [1.29, 1.82) is 0 Å². The molecule has 0 atom stereocenters. The van der Waals surface area contributed by atoms with Gasteiger partial charge in [0.1, 0.15) is 5.01 Å². The summed E-state index contributed by atoms with van der Waals surface area (Å²) in [7, 11) is 0. The van der Waals surface area contributed by atoms with Gasteiger partial charge in [0.25, 0.3) is 0 Å². The largest absolute Gasteiger partial charge is 0.264 e. The maximum atomic E-state index is 4.88. The third-order valence-electron chi connectivity index (χ3n) is 3.44. The smallest absolute Gasteiger partial charge is 0.124 e. The zero-order valence-electron chi connectivity index (χ0n) is 11.9. The summed E-state index contributed by atoms with van der Waals surface area (Å²) in [6, 6.07) is 10.3. The van der Waals surface area contributed by atoms with Gasteiger partial charge in [0, 0.05) is 32.9 Å². The van der Waals surface area contributed by atoms with Crippen molar-refractivity contribution >= 4 is 27.3 Å². The highest BCUT2D eigenvalue weighted by molar-refractivity contribution is 9.10. The Morgan fingerprint density at radius 1 is 1.14 bits per heavy atom. The van der Waals surface area contributed by atoms with Crippen LogP contribution in [0.25, 0.3) is 21.8 Å². The number of thiazole rings is 1. The van der Waals surface area contributed by atoms with Crippen molar-refractivity contribution in [3.63, 3.8) is 0 Å². The Kier molecular flexibility index (Phi) is 4.17. The van der Waals surface area contributed by atoms with E-state index in [2.05, 4.69) is 53.0 Å². The van der Waals surface area contributed by atoms with Crippen LogP contribution in [0.4, 0.5) is 0 Å². The topological polar surface area (TPSA) is 25.8 Å². The molecule has 3 aromatic rings. The van der Waals surface area contributed by atoms with Crippen LogP contribution in [-0.4, -0.2) is 9.97 Å². The van der Waals surface area contributed by atoms with Gasteiger partial charge in [0.2, 0.25) is 0 Å². The molecule has 0 N–H and O–H groups in total. The van der Waals surface area contributed by atoms with Crippen molar-refractivity contribution in [3.8, 4) is 21.8 Å². The molecule has 0 amide bonds. The highest BCUT2D eigenvalue weighted by Gasteiger charge is 2.14. The van der Waals surface area contributed by atoms with E-state index in [9.17, 15) is 0 Å². The van der Waals surface area contributed by atoms with Gasteiger partial charge in [0.05, 0.1) is 5.69 Å². The number of aryl methyl sites for hydroxylation is 2. The van der Waals surface area contributed by atoms with Crippen molar-refractivity contribution in [2.75, 3.05) is 0 Å². The number of aromatic nitrogens is 2. The molecule has 106 valence electrons. The molecule has 2 aromatic heterocycles. The molecular formula is C17H15BrN2S. The third kappa shape index (κ3) is 2.78. The minimum absolute atomic E-state index is 0.964. The first kappa shape index (κ1) is 14.4. The molecule has 0 unspecified atom stereocenters. The number of rotatable bonds is 3. The zero-order valence-corrected chi connectivity index (χ0v) is 14.3. The van der Waals surface area contributed by atoms with Crippen LogP contribution in [0.1, 0.15) is 17.4 Å². The Labute approximate surface area is 137 Å². The molecule has 2 heterocycles. The molecule has 0 aliphatic heterocycles. The summed E-state index contributed by atoms with van der Waals surface area (Å²) in [5.41, 5.74) is 4.63. The fourth-order valence-electron chi connectivity index (χ4n) is 2.33. The molecule has 0 spiro atoms. The second kappa shape index (κ2) is 6.08. The van der Waals surface area contributed by atoms with E-state index < -0.39 is 0 Å². The normalized spacial score (nSPS) is 10.8. The molecule has 0 bridgehead atoms. The lowest BCUT2D eigenvalue weighted by Crippen LogP contribution is -1.89. The van der Waals surface area contributed by atoms with Crippen LogP contribution in [0.3, 0.4) is 0 Å². The molecule has 0 saturated heterocycles. The van der Waals surface area contributed by atoms with Gasteiger partial charge in [-0.15, -0.1) is 11.3 Å². The summed E-state index contributed by atoms with van der Waals surface area (Å²) < 4.78 is 1.08. The molecule has 4 heteroatoms. The average molecular weight is 359 g/mol. The number of hydrogen-bond acceptors (Lipinski definition) is 3. The van der Waals surface area contributed by atoms with E-state index in [0.717, 1.165) is 27.2 Å². The van der Waals surface area contributed by atoms with Gasteiger partial charge in [-0.2, -0.15) is 0 Å². The van der Waals surface area contributed by atoms with E-state index in [-0.39, 0.29) is 0 Å². The first-order valence-corrected chi connectivity index (χ1v) is 8.47. The zero-order chi connectivity index (χ0) is 14.8. The summed E-state index contributed by atoms with van der Waals surface area (Å²) in [6.45, 7) is 4.28. The van der Waals surface area contributed by atoms with Gasteiger partial charge < -0.3 is 0 Å². The van der Waals surface area contributed by atoms with Crippen LogP contribution in [0, 0.1) is 6.92 Å². The predicted molar refractivity (Wildman–Crippen MR) is 92.6 cm³/mol. The third-order valence-corrected chi connectivity index (χ3v) is 5.14. The number of nitrogens with zero attached hydrogens (tertiary/aromatic N) is 2. The van der Waals surface area contributed by atoms with Crippen molar-refractivity contribution in [3.05, 3.63) is 57.6 Å². The Morgan fingerprint density at radius 2 is 1.95 bits per heavy atom. The van der Waals surface area contributed by atoms with E-state index in [1.165, 1.54) is 16.0 Å². The number of benzene rings is 1. The van der Waals surface area contributed by atoms with E-state index >= 15 is 0 Å². The van der Waals surface area contributed by atoms with E-state index in [1.54, 1.807) is 11.3 Å². The van der Waals surface area contributed by atoms with Gasteiger partial charge in [-0.3, -0.25) is 4.98 Å². The number of pyridine rings is 1. The van der Waals surface area contributed by atoms with Crippen LogP contribution in [0.2, 0.25) is 0 Å². The fraction of sp³-hybridized carbons (Fsp3) is 0.176. The molecule has 0 radical (unpaired) electrons. The van der Waals surface area contributed by atoms with E-state index in [1.807, 2.05) is 24.5 Å².